The average molecular weight is 492 g/mol. The highest BCUT2D eigenvalue weighted by atomic mass is 32.2. The van der Waals surface area contributed by atoms with E-state index in [2.05, 4.69) is 10.0 Å². The molecule has 2 aliphatic heterocycles. The molecule has 32 heavy (non-hydrogen) atoms. The molecule has 2 aliphatic rings. The van der Waals surface area contributed by atoms with Crippen LogP contribution >= 0.6 is 23.5 Å². The van der Waals surface area contributed by atoms with E-state index in [-0.39, 0.29) is 23.1 Å². The first-order chi connectivity index (χ1) is 15.4. The lowest BCUT2D eigenvalue weighted by Gasteiger charge is -2.18. The third-order valence-electron chi connectivity index (χ3n) is 5.53. The van der Waals surface area contributed by atoms with Crippen molar-refractivity contribution < 1.29 is 18.0 Å². The Balaban J connectivity index is 1.49. The fourth-order valence-corrected chi connectivity index (χ4v) is 6.37. The molecule has 2 heterocycles. The summed E-state index contributed by atoms with van der Waals surface area (Å²) in [6, 6.07) is 11.9. The van der Waals surface area contributed by atoms with E-state index in [0.29, 0.717) is 17.1 Å². The molecule has 7 nitrogen and oxygen atoms in total. The van der Waals surface area contributed by atoms with Gasteiger partial charge < -0.3 is 10.2 Å². The number of hydrogen-bond donors (Lipinski definition) is 2. The Morgan fingerprint density at radius 1 is 1.22 bits per heavy atom. The third-order valence-corrected chi connectivity index (χ3v) is 8.87. The van der Waals surface area contributed by atoms with Crippen LogP contribution in [0.5, 0.6) is 0 Å². The normalized spacial score (nSPS) is 18.6. The maximum Gasteiger partial charge on any atom is 0.261 e. The number of amides is 2. The summed E-state index contributed by atoms with van der Waals surface area (Å²) in [5.41, 5.74) is 0.933. The minimum atomic E-state index is -3.83. The second-order valence-electron chi connectivity index (χ2n) is 7.78. The zero-order chi connectivity index (χ0) is 22.7. The van der Waals surface area contributed by atoms with Crippen molar-refractivity contribution in [1.29, 1.82) is 0 Å². The standard InChI is InChI=1S/C22H25N3O4S3/c1-30-17-6-4-5-16(12-17)24-32(28,29)18-7-8-20-19(13-18)23-22(27)15(14-31-20)11-21(26)25-9-2-3-10-25/h4-8,12-13,15,24H,2-3,9-11,14H2,1H3,(H,23,27)/t15-/m1/s1. The molecule has 0 aromatic heterocycles. The molecule has 2 aromatic rings. The molecule has 10 heteroatoms. The van der Waals surface area contributed by atoms with Crippen molar-refractivity contribution >= 4 is 56.7 Å². The number of carbonyl (C=O) groups is 2. The van der Waals surface area contributed by atoms with E-state index >= 15 is 0 Å². The Labute approximate surface area is 196 Å². The number of nitrogens with zero attached hydrogens (tertiary/aromatic N) is 1. The maximum absolute atomic E-state index is 12.9. The summed E-state index contributed by atoms with van der Waals surface area (Å²) in [6.07, 6.45) is 4.11. The topological polar surface area (TPSA) is 95.6 Å². The third kappa shape index (κ3) is 5.24. The Kier molecular flexibility index (Phi) is 7.02. The van der Waals surface area contributed by atoms with Crippen molar-refractivity contribution in [2.45, 2.75) is 33.9 Å². The van der Waals surface area contributed by atoms with Gasteiger partial charge in [0.25, 0.3) is 10.0 Å². The molecule has 0 saturated carbocycles. The molecule has 0 unspecified atom stereocenters. The minimum absolute atomic E-state index is 0.00847. The zero-order valence-corrected chi connectivity index (χ0v) is 20.1. The molecular formula is C22H25N3O4S3. The van der Waals surface area contributed by atoms with Crippen molar-refractivity contribution in [2.75, 3.05) is 35.1 Å². The number of carbonyl (C=O) groups excluding carboxylic acids is 2. The molecule has 4 rings (SSSR count). The molecule has 0 bridgehead atoms. The van der Waals surface area contributed by atoms with Gasteiger partial charge in [-0.3, -0.25) is 14.3 Å². The van der Waals surface area contributed by atoms with Gasteiger partial charge in [-0.1, -0.05) is 6.07 Å². The van der Waals surface area contributed by atoms with E-state index < -0.39 is 15.9 Å². The van der Waals surface area contributed by atoms with E-state index in [1.165, 1.54) is 35.7 Å². The summed E-state index contributed by atoms with van der Waals surface area (Å²) < 4.78 is 28.4. The van der Waals surface area contributed by atoms with Gasteiger partial charge in [0.2, 0.25) is 11.8 Å². The van der Waals surface area contributed by atoms with E-state index in [1.54, 1.807) is 24.3 Å². The fraction of sp³-hybridized carbons (Fsp3) is 0.364. The highest BCUT2D eigenvalue weighted by molar-refractivity contribution is 7.99. The van der Waals surface area contributed by atoms with E-state index in [9.17, 15) is 18.0 Å². The van der Waals surface area contributed by atoms with Gasteiger partial charge in [-0.05, 0) is 55.5 Å². The van der Waals surface area contributed by atoms with Crippen LogP contribution in [0.3, 0.4) is 0 Å². The van der Waals surface area contributed by atoms with Gasteiger partial charge in [0.05, 0.1) is 16.5 Å². The Hall–Kier alpha value is -2.17. The molecule has 2 amide bonds. The molecule has 170 valence electrons. The second-order valence-corrected chi connectivity index (χ2v) is 11.4. The first-order valence-electron chi connectivity index (χ1n) is 10.4. The lowest BCUT2D eigenvalue weighted by atomic mass is 10.1. The number of rotatable bonds is 6. The highest BCUT2D eigenvalue weighted by Crippen LogP contribution is 2.35. The largest absolute Gasteiger partial charge is 0.343 e. The van der Waals surface area contributed by atoms with Crippen LogP contribution in [-0.2, 0) is 19.6 Å². The maximum atomic E-state index is 12.9. The van der Waals surface area contributed by atoms with Crippen molar-refractivity contribution in [3.05, 3.63) is 42.5 Å². The fourth-order valence-electron chi connectivity index (χ4n) is 3.76. The highest BCUT2D eigenvalue weighted by Gasteiger charge is 2.30. The molecular weight excluding hydrogens is 466 g/mol. The number of fused-ring (bicyclic) bond motifs is 1. The number of nitrogens with one attached hydrogen (secondary N) is 2. The monoisotopic (exact) mass is 491 g/mol. The summed E-state index contributed by atoms with van der Waals surface area (Å²) in [5.74, 6) is -0.217. The van der Waals surface area contributed by atoms with Gasteiger partial charge in [0, 0.05) is 40.7 Å². The van der Waals surface area contributed by atoms with Crippen LogP contribution in [-0.4, -0.2) is 50.2 Å². The lowest BCUT2D eigenvalue weighted by molar-refractivity contribution is -0.133. The molecule has 0 aliphatic carbocycles. The number of likely N-dealkylation sites (tertiary alicyclic amines) is 1. The van der Waals surface area contributed by atoms with Gasteiger partial charge in [0.1, 0.15) is 0 Å². The Morgan fingerprint density at radius 2 is 2.00 bits per heavy atom. The summed E-state index contributed by atoms with van der Waals surface area (Å²) in [5, 5.41) is 2.84. The van der Waals surface area contributed by atoms with Crippen LogP contribution in [0.2, 0.25) is 0 Å². The zero-order valence-electron chi connectivity index (χ0n) is 17.7. The quantitative estimate of drug-likeness (QED) is 0.596. The van der Waals surface area contributed by atoms with E-state index in [4.69, 9.17) is 0 Å². The Morgan fingerprint density at radius 3 is 2.75 bits per heavy atom. The molecule has 1 fully saturated rings. The second kappa shape index (κ2) is 9.76. The Bertz CT molecular complexity index is 1130. The van der Waals surface area contributed by atoms with Gasteiger partial charge in [-0.15, -0.1) is 23.5 Å². The lowest BCUT2D eigenvalue weighted by Crippen LogP contribution is -2.33. The first-order valence-corrected chi connectivity index (χ1v) is 14.1. The molecule has 0 spiro atoms. The molecule has 1 atom stereocenters. The first kappa shape index (κ1) is 23.0. The SMILES string of the molecule is CSc1cccc(NS(=O)(=O)c2ccc3c(c2)NC(=O)[C@H](CC(=O)N2CCCC2)CS3)c1. The van der Waals surface area contributed by atoms with Crippen LogP contribution in [0.25, 0.3) is 0 Å². The van der Waals surface area contributed by atoms with Crippen molar-refractivity contribution in [3.8, 4) is 0 Å². The smallest absolute Gasteiger partial charge is 0.261 e. The number of hydrogen-bond acceptors (Lipinski definition) is 6. The van der Waals surface area contributed by atoms with Gasteiger partial charge in [-0.2, -0.15) is 0 Å². The van der Waals surface area contributed by atoms with Gasteiger partial charge in [0.15, 0.2) is 0 Å². The van der Waals surface area contributed by atoms with Gasteiger partial charge >= 0.3 is 0 Å². The van der Waals surface area contributed by atoms with Crippen molar-refractivity contribution in [2.24, 2.45) is 5.92 Å². The molecule has 1 saturated heterocycles. The van der Waals surface area contributed by atoms with Crippen molar-refractivity contribution in [1.82, 2.24) is 4.90 Å². The van der Waals surface area contributed by atoms with Crippen molar-refractivity contribution in [3.63, 3.8) is 0 Å². The summed E-state index contributed by atoms with van der Waals surface area (Å²) >= 11 is 2.99. The van der Waals surface area contributed by atoms with E-state index in [1.807, 2.05) is 17.2 Å². The number of sulfonamides is 1. The number of thioether (sulfide) groups is 2. The predicted molar refractivity (Wildman–Crippen MR) is 129 cm³/mol. The molecule has 2 aromatic carbocycles. The van der Waals surface area contributed by atoms with Crippen LogP contribution in [0.1, 0.15) is 19.3 Å². The van der Waals surface area contributed by atoms with Crippen LogP contribution in [0, 0.1) is 5.92 Å². The molecule has 0 radical (unpaired) electrons. The van der Waals surface area contributed by atoms with Crippen LogP contribution < -0.4 is 10.0 Å². The average Bonchev–Trinajstić information content (AvgIpc) is 3.27. The number of anilines is 2. The van der Waals surface area contributed by atoms with Crippen LogP contribution in [0.15, 0.2) is 57.2 Å². The molecule has 2 N–H and O–H groups in total. The summed E-state index contributed by atoms with van der Waals surface area (Å²) in [7, 11) is -3.83. The summed E-state index contributed by atoms with van der Waals surface area (Å²) in [6.45, 7) is 1.52. The predicted octanol–water partition coefficient (Wildman–Crippen LogP) is 3.88. The van der Waals surface area contributed by atoms with Gasteiger partial charge in [-0.25, -0.2) is 8.42 Å². The van der Waals surface area contributed by atoms with E-state index in [0.717, 1.165) is 35.7 Å². The minimum Gasteiger partial charge on any atom is -0.343 e. The number of benzene rings is 2. The van der Waals surface area contributed by atoms with Crippen LogP contribution in [0.4, 0.5) is 11.4 Å². The summed E-state index contributed by atoms with van der Waals surface area (Å²) in [4.78, 5) is 28.9.